The third kappa shape index (κ3) is 7.24. The van der Waals surface area contributed by atoms with Crippen molar-refractivity contribution >= 4 is 41.0 Å². The molecule has 4 aliphatic heterocycles. The number of hydrogen-bond acceptors (Lipinski definition) is 10. The van der Waals surface area contributed by atoms with Crippen LogP contribution in [-0.4, -0.2) is 110 Å². The van der Waals surface area contributed by atoms with Gasteiger partial charge in [0.2, 0.25) is 23.6 Å². The highest BCUT2D eigenvalue weighted by Gasteiger charge is 2.36. The number of hydrogen-bond donors (Lipinski definition) is 3. The molecule has 3 saturated heterocycles. The number of likely N-dealkylation sites (tertiary alicyclic amines) is 3. The van der Waals surface area contributed by atoms with Gasteiger partial charge >= 0.3 is 11.7 Å². The minimum atomic E-state index is -0.976. The molecule has 252 valence electrons. The zero-order valence-corrected chi connectivity index (χ0v) is 26.9. The van der Waals surface area contributed by atoms with E-state index in [0.717, 1.165) is 37.2 Å². The zero-order chi connectivity index (χ0) is 33.1. The molecule has 0 saturated carbocycles. The normalized spacial score (nSPS) is 20.4. The molecule has 4 amide bonds. The number of amides is 4. The molecule has 6 rings (SSSR count). The number of fused-ring (bicyclic) bond motifs is 1. The van der Waals surface area contributed by atoms with Crippen molar-refractivity contribution < 1.29 is 19.3 Å². The third-order valence-electron chi connectivity index (χ3n) is 10.0. The lowest BCUT2D eigenvalue weighted by Crippen LogP contribution is -2.53. The molecular formula is C32H44N10O5. The Hall–Kier alpha value is -4.53. The highest BCUT2D eigenvalue weighted by molar-refractivity contribution is 5.93. The molecule has 1 aromatic carbocycles. The third-order valence-corrected chi connectivity index (χ3v) is 10.0. The number of nitrogens with zero attached hydrogens (tertiary/aromatic N) is 7. The largest absolute Gasteiger partial charge is 0.378 e. The Balaban J connectivity index is 1.11. The van der Waals surface area contributed by atoms with E-state index in [0.29, 0.717) is 51.6 Å². The molecule has 1 atom stereocenters. The fourth-order valence-corrected chi connectivity index (χ4v) is 7.44. The van der Waals surface area contributed by atoms with Gasteiger partial charge in [-0.2, -0.15) is 4.98 Å². The van der Waals surface area contributed by atoms with Crippen LogP contribution >= 0.6 is 0 Å². The molecule has 0 spiro atoms. The molecule has 1 unspecified atom stereocenters. The summed E-state index contributed by atoms with van der Waals surface area (Å²) in [5.74, 6) is -0.768. The van der Waals surface area contributed by atoms with Crippen LogP contribution in [0.2, 0.25) is 0 Å². The number of piperidine rings is 3. The molecule has 0 radical (unpaired) electrons. The molecule has 4 N–H and O–H groups in total. The number of urea groups is 1. The molecule has 1 aromatic heterocycles. The Morgan fingerprint density at radius 3 is 2.34 bits per heavy atom. The number of aryl methyl sites for hydroxylation is 1. The van der Waals surface area contributed by atoms with Crippen LogP contribution in [0, 0.1) is 17.0 Å². The SMILES string of the molecule is Cc1nc(NC(CC(=O)N2CCC(N3Cc4ccccc4NC3=O)CC2)C(=O)N2CCC(N3CCCCC3)CC2)nc(N)c1[N+](=O)[O-]. The number of anilines is 3. The average molecular weight is 649 g/mol. The van der Waals surface area contributed by atoms with E-state index in [1.54, 1.807) is 9.80 Å². The van der Waals surface area contributed by atoms with Crippen LogP contribution in [0.3, 0.4) is 0 Å². The molecule has 3 fully saturated rings. The van der Waals surface area contributed by atoms with Crippen molar-refractivity contribution in [2.24, 2.45) is 0 Å². The van der Waals surface area contributed by atoms with E-state index in [-0.39, 0.29) is 53.5 Å². The van der Waals surface area contributed by atoms with Crippen molar-refractivity contribution in [3.8, 4) is 0 Å². The van der Waals surface area contributed by atoms with Crippen LogP contribution in [-0.2, 0) is 16.1 Å². The summed E-state index contributed by atoms with van der Waals surface area (Å²) in [4.78, 5) is 67.5. The van der Waals surface area contributed by atoms with E-state index in [9.17, 15) is 24.5 Å². The van der Waals surface area contributed by atoms with Gasteiger partial charge in [0.05, 0.1) is 11.3 Å². The number of nitro groups is 1. The van der Waals surface area contributed by atoms with Crippen LogP contribution in [0.5, 0.6) is 0 Å². The molecule has 5 heterocycles. The van der Waals surface area contributed by atoms with E-state index in [1.165, 1.54) is 26.2 Å². The van der Waals surface area contributed by atoms with Crippen molar-refractivity contribution in [3.05, 3.63) is 45.6 Å². The summed E-state index contributed by atoms with van der Waals surface area (Å²) < 4.78 is 0. The predicted molar refractivity (Wildman–Crippen MR) is 175 cm³/mol. The average Bonchev–Trinajstić information content (AvgIpc) is 3.07. The highest BCUT2D eigenvalue weighted by atomic mass is 16.6. The molecule has 47 heavy (non-hydrogen) atoms. The second-order valence-corrected chi connectivity index (χ2v) is 13.0. The van der Waals surface area contributed by atoms with Crippen molar-refractivity contribution in [2.75, 3.05) is 55.6 Å². The number of rotatable bonds is 8. The second kappa shape index (κ2) is 14.1. The predicted octanol–water partition coefficient (Wildman–Crippen LogP) is 2.96. The summed E-state index contributed by atoms with van der Waals surface area (Å²) in [7, 11) is 0. The minimum absolute atomic E-state index is 0.0105. The number of para-hydroxylation sites is 1. The van der Waals surface area contributed by atoms with Crippen molar-refractivity contribution in [1.29, 1.82) is 0 Å². The summed E-state index contributed by atoms with van der Waals surface area (Å²) in [5.41, 5.74) is 7.46. The number of carbonyl (C=O) groups is 3. The topological polar surface area (TPSA) is 183 Å². The molecule has 2 aromatic rings. The van der Waals surface area contributed by atoms with Gasteiger partial charge in [-0.15, -0.1) is 0 Å². The molecule has 15 nitrogen and oxygen atoms in total. The first-order valence-electron chi connectivity index (χ1n) is 16.7. The highest BCUT2D eigenvalue weighted by Crippen LogP contribution is 2.29. The van der Waals surface area contributed by atoms with Crippen molar-refractivity contribution in [3.63, 3.8) is 0 Å². The first-order valence-corrected chi connectivity index (χ1v) is 16.7. The van der Waals surface area contributed by atoms with Crippen LogP contribution < -0.4 is 16.4 Å². The number of carbonyl (C=O) groups excluding carboxylic acids is 3. The van der Waals surface area contributed by atoms with Gasteiger partial charge in [-0.1, -0.05) is 24.6 Å². The molecule has 0 aliphatic carbocycles. The van der Waals surface area contributed by atoms with E-state index in [2.05, 4.69) is 25.5 Å². The monoisotopic (exact) mass is 648 g/mol. The number of nitrogens with one attached hydrogen (secondary N) is 2. The van der Waals surface area contributed by atoms with E-state index in [4.69, 9.17) is 5.73 Å². The Labute approximate surface area is 274 Å². The van der Waals surface area contributed by atoms with Gasteiger partial charge in [0.25, 0.3) is 0 Å². The van der Waals surface area contributed by atoms with Crippen LogP contribution in [0.4, 0.5) is 27.9 Å². The van der Waals surface area contributed by atoms with Crippen LogP contribution in [0.1, 0.15) is 62.6 Å². The van der Waals surface area contributed by atoms with Crippen LogP contribution in [0.15, 0.2) is 24.3 Å². The standard InChI is InChI=1S/C32H44N10O5/c1-21-28(42(46)47)29(33)37-31(34-21)35-26(30(44)40-17-9-23(10-18-40)38-13-5-2-6-14-38)19-27(43)39-15-11-24(12-16-39)41-20-22-7-3-4-8-25(22)36-32(41)45/h3-4,7-8,23-24,26H,2,5-6,9-20H2,1H3,(H,36,45)(H3,33,34,35,37). The number of nitrogen functional groups attached to an aromatic ring is 1. The first kappa shape index (κ1) is 32.4. The lowest BCUT2D eigenvalue weighted by atomic mass is 9.98. The fourth-order valence-electron chi connectivity index (χ4n) is 7.44. The van der Waals surface area contributed by atoms with Gasteiger partial charge in [-0.05, 0) is 70.2 Å². The Morgan fingerprint density at radius 1 is 1.00 bits per heavy atom. The van der Waals surface area contributed by atoms with Gasteiger partial charge in [0.15, 0.2) is 0 Å². The zero-order valence-electron chi connectivity index (χ0n) is 26.9. The van der Waals surface area contributed by atoms with Gasteiger partial charge in [0.1, 0.15) is 11.7 Å². The van der Waals surface area contributed by atoms with Crippen molar-refractivity contribution in [2.45, 2.75) is 83.0 Å². The summed E-state index contributed by atoms with van der Waals surface area (Å²) in [6, 6.07) is 7.08. The van der Waals surface area contributed by atoms with Gasteiger partial charge in [-0.25, -0.2) is 9.78 Å². The second-order valence-electron chi connectivity index (χ2n) is 13.0. The van der Waals surface area contributed by atoms with Crippen LogP contribution in [0.25, 0.3) is 0 Å². The lowest BCUT2D eigenvalue weighted by molar-refractivity contribution is -0.385. The smallest absolute Gasteiger partial charge is 0.332 e. The Morgan fingerprint density at radius 2 is 1.66 bits per heavy atom. The van der Waals surface area contributed by atoms with E-state index >= 15 is 0 Å². The number of aromatic nitrogens is 2. The molecule has 15 heteroatoms. The van der Waals surface area contributed by atoms with E-state index in [1.807, 2.05) is 29.2 Å². The summed E-state index contributed by atoms with van der Waals surface area (Å²) in [6.45, 7) is 6.26. The summed E-state index contributed by atoms with van der Waals surface area (Å²) in [6.07, 6.45) is 6.54. The van der Waals surface area contributed by atoms with Gasteiger partial charge < -0.3 is 36.0 Å². The first-order chi connectivity index (χ1) is 22.7. The quantitative estimate of drug-likeness (QED) is 0.284. The number of nitrogens with two attached hydrogens (primary N) is 1. The molecule has 4 aliphatic rings. The maximum absolute atomic E-state index is 14.0. The lowest BCUT2D eigenvalue weighted by Gasteiger charge is -2.41. The minimum Gasteiger partial charge on any atom is -0.378 e. The van der Waals surface area contributed by atoms with Gasteiger partial charge in [-0.3, -0.25) is 19.7 Å². The van der Waals surface area contributed by atoms with Gasteiger partial charge in [0, 0.05) is 50.5 Å². The molecule has 0 bridgehead atoms. The maximum atomic E-state index is 14.0. The Bertz CT molecular complexity index is 1480. The fraction of sp³-hybridized carbons (Fsp3) is 0.594. The van der Waals surface area contributed by atoms with Crippen molar-refractivity contribution in [1.82, 2.24) is 29.6 Å². The number of benzene rings is 1. The maximum Gasteiger partial charge on any atom is 0.332 e. The Kier molecular flexibility index (Phi) is 9.71. The van der Waals surface area contributed by atoms with E-state index < -0.39 is 11.0 Å². The molecular weight excluding hydrogens is 604 g/mol. The summed E-state index contributed by atoms with van der Waals surface area (Å²) in [5, 5.41) is 17.4. The summed E-state index contributed by atoms with van der Waals surface area (Å²) >= 11 is 0.